The topological polar surface area (TPSA) is 77.6 Å². The highest BCUT2D eigenvalue weighted by Crippen LogP contribution is 2.39. The second-order valence-electron chi connectivity index (χ2n) is 12.5. The first kappa shape index (κ1) is 28.9. The molecule has 0 fully saturated rings. The maximum atomic E-state index is 6.15. The molecule has 0 amide bonds. The molecular weight excluding hydrogens is 627 g/mol. The molecule has 0 aliphatic carbocycles. The van der Waals surface area contributed by atoms with Crippen molar-refractivity contribution in [3.8, 4) is 56.8 Å². The van der Waals surface area contributed by atoms with E-state index in [9.17, 15) is 0 Å². The zero-order valence-corrected chi connectivity index (χ0v) is 27.2. The number of nitrogens with zero attached hydrogens (tertiary/aromatic N) is 5. The van der Waals surface area contributed by atoms with Crippen LogP contribution in [-0.4, -0.2) is 24.9 Å². The Bertz CT molecular complexity index is 2860. The number of rotatable bonds is 5. The van der Waals surface area contributed by atoms with Crippen molar-refractivity contribution in [1.29, 1.82) is 0 Å². The largest absolute Gasteiger partial charge is 0.438 e. The van der Waals surface area contributed by atoms with E-state index in [0.717, 1.165) is 77.2 Å². The molecule has 0 unspecified atom stereocenters. The first-order valence-electron chi connectivity index (χ1n) is 16.8. The predicted octanol–water partition coefficient (Wildman–Crippen LogP) is 11.2. The van der Waals surface area contributed by atoms with Gasteiger partial charge in [0, 0.05) is 38.4 Å². The lowest BCUT2D eigenvalue weighted by atomic mass is 9.94. The van der Waals surface area contributed by atoms with Crippen LogP contribution in [0.3, 0.4) is 0 Å². The SMILES string of the molecule is c1ccc(-c2nc(-c3ccccc3)nc(-c3ccc(-c4nc(-c5ccc6c(n5)oc5ccccc56)cc5ccccc45)c4ccccc34)n2)cc1. The number of hydrogen-bond acceptors (Lipinski definition) is 6. The molecule has 0 atom stereocenters. The van der Waals surface area contributed by atoms with Gasteiger partial charge < -0.3 is 4.42 Å². The molecule has 4 aromatic heterocycles. The van der Waals surface area contributed by atoms with Crippen molar-refractivity contribution in [2.24, 2.45) is 0 Å². The van der Waals surface area contributed by atoms with Crippen molar-refractivity contribution in [3.63, 3.8) is 0 Å². The van der Waals surface area contributed by atoms with Crippen LogP contribution < -0.4 is 0 Å². The van der Waals surface area contributed by atoms with Crippen molar-refractivity contribution >= 4 is 43.6 Å². The summed E-state index contributed by atoms with van der Waals surface area (Å²) in [5.41, 5.74) is 7.62. The maximum absolute atomic E-state index is 6.15. The van der Waals surface area contributed by atoms with Crippen LogP contribution in [0.25, 0.3) is 100 Å². The number of furan rings is 1. The van der Waals surface area contributed by atoms with E-state index in [1.807, 2.05) is 84.9 Å². The van der Waals surface area contributed by atoms with E-state index < -0.39 is 0 Å². The number of hydrogen-bond donors (Lipinski definition) is 0. The molecule has 10 aromatic rings. The van der Waals surface area contributed by atoms with Crippen LogP contribution in [0.15, 0.2) is 168 Å². The van der Waals surface area contributed by atoms with Gasteiger partial charge in [-0.15, -0.1) is 0 Å². The minimum absolute atomic E-state index is 0.599. The average Bonchev–Trinajstić information content (AvgIpc) is 3.58. The van der Waals surface area contributed by atoms with Gasteiger partial charge >= 0.3 is 0 Å². The van der Waals surface area contributed by atoms with Crippen LogP contribution in [0.4, 0.5) is 0 Å². The molecule has 0 saturated carbocycles. The number of benzene rings is 6. The molecule has 6 heteroatoms. The van der Waals surface area contributed by atoms with E-state index in [0.29, 0.717) is 23.2 Å². The molecule has 6 nitrogen and oxygen atoms in total. The van der Waals surface area contributed by atoms with Gasteiger partial charge in [0.05, 0.1) is 17.1 Å². The molecule has 0 bridgehead atoms. The Morgan fingerprint density at radius 2 is 0.922 bits per heavy atom. The summed E-state index contributed by atoms with van der Waals surface area (Å²) in [5, 5.41) is 6.25. The predicted molar refractivity (Wildman–Crippen MR) is 205 cm³/mol. The maximum Gasteiger partial charge on any atom is 0.227 e. The standard InChI is InChI=1S/C45H27N5O/c1-3-13-28(14-4-1)42-48-43(29-15-5-2-6-16-29)50-44(49-42)36-24-23-35(32-19-9-10-20-33(32)36)41-31-18-8-7-17-30(31)27-39(46-41)38-26-25-37-34-21-11-12-22-40(34)51-45(37)47-38/h1-27H. The normalized spacial score (nSPS) is 11.5. The molecule has 0 radical (unpaired) electrons. The lowest BCUT2D eigenvalue weighted by molar-refractivity contribution is 0.654. The van der Waals surface area contributed by atoms with E-state index in [4.69, 9.17) is 29.3 Å². The number of fused-ring (bicyclic) bond motifs is 5. The van der Waals surface area contributed by atoms with Gasteiger partial charge in [-0.2, -0.15) is 0 Å². The zero-order chi connectivity index (χ0) is 33.7. The van der Waals surface area contributed by atoms with Crippen molar-refractivity contribution < 1.29 is 4.42 Å². The third-order valence-electron chi connectivity index (χ3n) is 9.37. The van der Waals surface area contributed by atoms with Crippen LogP contribution in [0, 0.1) is 0 Å². The number of pyridine rings is 2. The van der Waals surface area contributed by atoms with Crippen LogP contribution in [0.1, 0.15) is 0 Å². The third kappa shape index (κ3) is 5.01. The molecule has 238 valence electrons. The van der Waals surface area contributed by atoms with Crippen LogP contribution in [-0.2, 0) is 0 Å². The van der Waals surface area contributed by atoms with Gasteiger partial charge in [0.25, 0.3) is 0 Å². The third-order valence-corrected chi connectivity index (χ3v) is 9.37. The molecule has 51 heavy (non-hydrogen) atoms. The molecule has 0 aliphatic rings. The van der Waals surface area contributed by atoms with E-state index in [-0.39, 0.29) is 0 Å². The lowest BCUT2D eigenvalue weighted by Crippen LogP contribution is -2.01. The highest BCUT2D eigenvalue weighted by Gasteiger charge is 2.19. The van der Waals surface area contributed by atoms with Gasteiger partial charge in [-0.3, -0.25) is 0 Å². The van der Waals surface area contributed by atoms with Gasteiger partial charge in [-0.25, -0.2) is 24.9 Å². The van der Waals surface area contributed by atoms with Gasteiger partial charge in [-0.05, 0) is 46.5 Å². The van der Waals surface area contributed by atoms with Gasteiger partial charge in [0.15, 0.2) is 17.5 Å². The Morgan fingerprint density at radius 1 is 0.353 bits per heavy atom. The second-order valence-corrected chi connectivity index (χ2v) is 12.5. The summed E-state index contributed by atoms with van der Waals surface area (Å²) in [7, 11) is 0. The smallest absolute Gasteiger partial charge is 0.227 e. The van der Waals surface area contributed by atoms with Gasteiger partial charge in [0.1, 0.15) is 5.58 Å². The Morgan fingerprint density at radius 3 is 1.65 bits per heavy atom. The lowest BCUT2D eigenvalue weighted by Gasteiger charge is -2.15. The van der Waals surface area contributed by atoms with E-state index in [1.165, 1.54) is 0 Å². The highest BCUT2D eigenvalue weighted by atomic mass is 16.3. The summed E-state index contributed by atoms with van der Waals surface area (Å²) in [4.78, 5) is 25.3. The molecule has 0 N–H and O–H groups in total. The summed E-state index contributed by atoms with van der Waals surface area (Å²) in [6.07, 6.45) is 0. The fourth-order valence-electron chi connectivity index (χ4n) is 6.91. The molecule has 0 spiro atoms. The summed E-state index contributed by atoms with van der Waals surface area (Å²) >= 11 is 0. The molecule has 0 aliphatic heterocycles. The fraction of sp³-hybridized carbons (Fsp3) is 0. The van der Waals surface area contributed by atoms with Crippen LogP contribution >= 0.6 is 0 Å². The molecular formula is C45H27N5O. The monoisotopic (exact) mass is 653 g/mol. The van der Waals surface area contributed by atoms with E-state index in [1.54, 1.807) is 0 Å². The number of para-hydroxylation sites is 1. The average molecular weight is 654 g/mol. The summed E-state index contributed by atoms with van der Waals surface area (Å²) in [6, 6.07) is 55.4. The van der Waals surface area contributed by atoms with Crippen LogP contribution in [0.2, 0.25) is 0 Å². The quantitative estimate of drug-likeness (QED) is 0.184. The fourth-order valence-corrected chi connectivity index (χ4v) is 6.91. The summed E-state index contributed by atoms with van der Waals surface area (Å²) < 4.78 is 6.15. The molecule has 6 aromatic carbocycles. The Labute approximate surface area is 292 Å². The molecule has 4 heterocycles. The van der Waals surface area contributed by atoms with E-state index in [2.05, 4.69) is 78.9 Å². The van der Waals surface area contributed by atoms with Crippen molar-refractivity contribution in [3.05, 3.63) is 164 Å². The van der Waals surface area contributed by atoms with Crippen molar-refractivity contribution in [1.82, 2.24) is 24.9 Å². The Balaban J connectivity index is 1.17. The van der Waals surface area contributed by atoms with Gasteiger partial charge in [-0.1, -0.05) is 133 Å². The Kier molecular flexibility index (Phi) is 6.70. The first-order chi connectivity index (χ1) is 25.3. The molecule has 10 rings (SSSR count). The summed E-state index contributed by atoms with van der Waals surface area (Å²) in [6.45, 7) is 0. The van der Waals surface area contributed by atoms with Gasteiger partial charge in [0.2, 0.25) is 5.71 Å². The highest BCUT2D eigenvalue weighted by molar-refractivity contribution is 6.09. The van der Waals surface area contributed by atoms with Crippen molar-refractivity contribution in [2.75, 3.05) is 0 Å². The number of aromatic nitrogens is 5. The summed E-state index contributed by atoms with van der Waals surface area (Å²) in [5.74, 6) is 1.86. The second kappa shape index (κ2) is 11.8. The first-order valence-corrected chi connectivity index (χ1v) is 16.8. The van der Waals surface area contributed by atoms with Crippen LogP contribution in [0.5, 0.6) is 0 Å². The minimum Gasteiger partial charge on any atom is -0.438 e. The van der Waals surface area contributed by atoms with Crippen molar-refractivity contribution in [2.45, 2.75) is 0 Å². The molecule has 0 saturated heterocycles. The minimum atomic E-state index is 0.599. The zero-order valence-electron chi connectivity index (χ0n) is 27.2. The van der Waals surface area contributed by atoms with E-state index >= 15 is 0 Å². The Hall–Kier alpha value is -7.05.